The van der Waals surface area contributed by atoms with Crippen LogP contribution in [0.5, 0.6) is 0 Å². The highest BCUT2D eigenvalue weighted by Crippen LogP contribution is 2.35. The minimum atomic E-state index is 0.618. The SMILES string of the molecule is c1ccc(-c2nc(-c3ccccc3)nc(-c3cccc(-c4ccc5c6cccnc6c6ccccc6c5n4)c3)n2)cc1. The van der Waals surface area contributed by atoms with Gasteiger partial charge in [0.1, 0.15) is 0 Å². The van der Waals surface area contributed by atoms with Crippen molar-refractivity contribution >= 4 is 32.6 Å². The fourth-order valence-electron chi connectivity index (χ4n) is 5.53. The van der Waals surface area contributed by atoms with Crippen LogP contribution >= 0.6 is 0 Å². The number of benzene rings is 5. The molecule has 5 aromatic carbocycles. The second-order valence-electron chi connectivity index (χ2n) is 10.2. The largest absolute Gasteiger partial charge is 0.256 e. The van der Waals surface area contributed by atoms with E-state index in [0.29, 0.717) is 17.5 Å². The van der Waals surface area contributed by atoms with Crippen LogP contribution in [0.4, 0.5) is 0 Å². The summed E-state index contributed by atoms with van der Waals surface area (Å²) in [4.78, 5) is 24.6. The maximum atomic E-state index is 5.21. The molecule has 3 heterocycles. The van der Waals surface area contributed by atoms with E-state index in [1.165, 1.54) is 0 Å². The summed E-state index contributed by atoms with van der Waals surface area (Å²) in [6, 6.07) is 45.0. The highest BCUT2D eigenvalue weighted by Gasteiger charge is 2.15. The van der Waals surface area contributed by atoms with Crippen LogP contribution in [0.1, 0.15) is 0 Å². The van der Waals surface area contributed by atoms with E-state index < -0.39 is 0 Å². The van der Waals surface area contributed by atoms with Crippen molar-refractivity contribution in [2.45, 2.75) is 0 Å². The topological polar surface area (TPSA) is 64.5 Å². The maximum Gasteiger partial charge on any atom is 0.164 e. The molecule has 0 radical (unpaired) electrons. The number of hydrogen-bond acceptors (Lipinski definition) is 5. The zero-order valence-electron chi connectivity index (χ0n) is 22.5. The molecule has 0 bridgehead atoms. The summed E-state index contributed by atoms with van der Waals surface area (Å²) >= 11 is 0. The van der Waals surface area contributed by atoms with E-state index in [0.717, 1.165) is 60.5 Å². The molecule has 5 heteroatoms. The van der Waals surface area contributed by atoms with Crippen molar-refractivity contribution in [1.82, 2.24) is 24.9 Å². The first-order valence-electron chi connectivity index (χ1n) is 13.9. The summed E-state index contributed by atoms with van der Waals surface area (Å²) in [6.07, 6.45) is 1.85. The van der Waals surface area contributed by atoms with Crippen molar-refractivity contribution in [3.05, 3.63) is 140 Å². The van der Waals surface area contributed by atoms with Crippen LogP contribution in [0.2, 0.25) is 0 Å². The lowest BCUT2D eigenvalue weighted by Gasteiger charge is -2.11. The minimum absolute atomic E-state index is 0.618. The number of fused-ring (bicyclic) bond motifs is 6. The van der Waals surface area contributed by atoms with Crippen molar-refractivity contribution in [2.75, 3.05) is 0 Å². The normalized spacial score (nSPS) is 11.3. The van der Waals surface area contributed by atoms with Crippen molar-refractivity contribution < 1.29 is 0 Å². The third kappa shape index (κ3) is 4.16. The number of aromatic nitrogens is 5. The maximum absolute atomic E-state index is 5.21. The summed E-state index contributed by atoms with van der Waals surface area (Å²) in [6.45, 7) is 0. The first-order valence-corrected chi connectivity index (χ1v) is 13.9. The Bertz CT molecular complexity index is 2150. The summed E-state index contributed by atoms with van der Waals surface area (Å²) in [5.74, 6) is 1.90. The predicted octanol–water partition coefficient (Wildman–Crippen LogP) is 8.79. The van der Waals surface area contributed by atoms with Gasteiger partial charge >= 0.3 is 0 Å². The smallest absolute Gasteiger partial charge is 0.164 e. The lowest BCUT2D eigenvalue weighted by molar-refractivity contribution is 1.07. The second kappa shape index (κ2) is 9.98. The van der Waals surface area contributed by atoms with Gasteiger partial charge in [0.2, 0.25) is 0 Å². The molecule has 0 saturated carbocycles. The Morgan fingerprint density at radius 1 is 0.333 bits per heavy atom. The second-order valence-corrected chi connectivity index (χ2v) is 10.2. The average Bonchev–Trinajstić information content (AvgIpc) is 3.09. The van der Waals surface area contributed by atoms with Gasteiger partial charge in [0.25, 0.3) is 0 Å². The van der Waals surface area contributed by atoms with E-state index >= 15 is 0 Å². The molecule has 196 valence electrons. The Morgan fingerprint density at radius 2 is 0.833 bits per heavy atom. The van der Waals surface area contributed by atoms with E-state index in [4.69, 9.17) is 24.9 Å². The highest BCUT2D eigenvalue weighted by molar-refractivity contribution is 6.23. The molecule has 0 aliphatic heterocycles. The van der Waals surface area contributed by atoms with E-state index in [-0.39, 0.29) is 0 Å². The molecule has 0 unspecified atom stereocenters. The van der Waals surface area contributed by atoms with Gasteiger partial charge in [0.15, 0.2) is 17.5 Å². The van der Waals surface area contributed by atoms with Crippen molar-refractivity contribution in [1.29, 1.82) is 0 Å². The van der Waals surface area contributed by atoms with Crippen molar-refractivity contribution in [3.8, 4) is 45.4 Å². The standard InChI is InChI=1S/C37H23N5/c1-3-11-24(12-4-1)35-40-36(25-13-5-2-6-14-25)42-37(41-35)27-16-9-15-26(23-27)32-21-20-31-29-19-10-22-38-33(29)28-17-7-8-18-30(28)34(31)39-32/h1-23H. The highest BCUT2D eigenvalue weighted by atomic mass is 15.0. The van der Waals surface area contributed by atoms with E-state index in [1.54, 1.807) is 0 Å². The van der Waals surface area contributed by atoms with Crippen LogP contribution in [0, 0.1) is 0 Å². The summed E-state index contributed by atoms with van der Waals surface area (Å²) in [5.41, 5.74) is 6.63. The molecule has 8 aromatic rings. The lowest BCUT2D eigenvalue weighted by atomic mass is 9.99. The fourth-order valence-corrected chi connectivity index (χ4v) is 5.53. The van der Waals surface area contributed by atoms with Crippen LogP contribution in [0.3, 0.4) is 0 Å². The van der Waals surface area contributed by atoms with Gasteiger partial charge in [-0.25, -0.2) is 19.9 Å². The summed E-state index contributed by atoms with van der Waals surface area (Å²) in [5, 5.41) is 4.39. The monoisotopic (exact) mass is 537 g/mol. The van der Waals surface area contributed by atoms with Crippen LogP contribution in [-0.4, -0.2) is 24.9 Å². The quantitative estimate of drug-likeness (QED) is 0.210. The Labute approximate surface area is 242 Å². The molecule has 0 fully saturated rings. The van der Waals surface area contributed by atoms with Gasteiger partial charge in [-0.2, -0.15) is 0 Å². The van der Waals surface area contributed by atoms with Crippen LogP contribution in [-0.2, 0) is 0 Å². The van der Waals surface area contributed by atoms with Gasteiger partial charge < -0.3 is 0 Å². The molecule has 3 aromatic heterocycles. The molecule has 5 nitrogen and oxygen atoms in total. The Kier molecular flexibility index (Phi) is 5.71. The summed E-state index contributed by atoms with van der Waals surface area (Å²) < 4.78 is 0. The predicted molar refractivity (Wildman–Crippen MR) is 170 cm³/mol. The number of rotatable bonds is 4. The number of pyridine rings is 2. The Balaban J connectivity index is 1.29. The molecule has 0 N–H and O–H groups in total. The number of hydrogen-bond donors (Lipinski definition) is 0. The van der Waals surface area contributed by atoms with Crippen LogP contribution in [0.25, 0.3) is 78.0 Å². The van der Waals surface area contributed by atoms with Gasteiger partial charge in [-0.05, 0) is 24.3 Å². The molecule has 0 atom stereocenters. The zero-order chi connectivity index (χ0) is 27.9. The average molecular weight is 538 g/mol. The molecule has 0 spiro atoms. The first kappa shape index (κ1) is 24.0. The molecule has 0 amide bonds. The van der Waals surface area contributed by atoms with Crippen LogP contribution < -0.4 is 0 Å². The summed E-state index contributed by atoms with van der Waals surface area (Å²) in [7, 11) is 0. The van der Waals surface area contributed by atoms with Gasteiger partial charge in [0.05, 0.1) is 16.7 Å². The minimum Gasteiger partial charge on any atom is -0.256 e. The van der Waals surface area contributed by atoms with Crippen LogP contribution in [0.15, 0.2) is 140 Å². The number of nitrogens with zero attached hydrogens (tertiary/aromatic N) is 5. The lowest BCUT2D eigenvalue weighted by Crippen LogP contribution is -2.00. The zero-order valence-corrected chi connectivity index (χ0v) is 22.5. The Hall–Kier alpha value is -5.81. The van der Waals surface area contributed by atoms with Crippen molar-refractivity contribution in [3.63, 3.8) is 0 Å². The molecule has 0 aliphatic carbocycles. The molecule has 0 saturated heterocycles. The van der Waals surface area contributed by atoms with E-state index in [2.05, 4.69) is 54.6 Å². The van der Waals surface area contributed by atoms with E-state index in [1.807, 2.05) is 85.1 Å². The van der Waals surface area contributed by atoms with Gasteiger partial charge in [-0.3, -0.25) is 4.98 Å². The third-order valence-electron chi connectivity index (χ3n) is 7.55. The molecular formula is C37H23N5. The van der Waals surface area contributed by atoms with E-state index in [9.17, 15) is 0 Å². The van der Waals surface area contributed by atoms with Crippen molar-refractivity contribution in [2.24, 2.45) is 0 Å². The molecular weight excluding hydrogens is 514 g/mol. The Morgan fingerprint density at radius 3 is 1.50 bits per heavy atom. The van der Waals surface area contributed by atoms with Gasteiger partial charge in [-0.1, -0.05) is 109 Å². The first-order chi connectivity index (χ1) is 20.8. The van der Waals surface area contributed by atoms with Gasteiger partial charge in [0, 0.05) is 50.0 Å². The molecule has 0 aliphatic rings. The molecule has 42 heavy (non-hydrogen) atoms. The third-order valence-corrected chi connectivity index (χ3v) is 7.55. The molecule has 8 rings (SSSR count). The fraction of sp³-hybridized carbons (Fsp3) is 0. The van der Waals surface area contributed by atoms with Gasteiger partial charge in [-0.15, -0.1) is 0 Å².